The summed E-state index contributed by atoms with van der Waals surface area (Å²) in [7, 11) is 0. The number of aryl methyl sites for hydroxylation is 1. The van der Waals surface area contributed by atoms with Crippen LogP contribution in [0.5, 0.6) is 5.75 Å². The number of hydrogen-bond donors (Lipinski definition) is 1. The molecule has 17 heavy (non-hydrogen) atoms. The Morgan fingerprint density at radius 1 is 1.35 bits per heavy atom. The first-order valence-electron chi connectivity index (χ1n) is 5.83. The summed E-state index contributed by atoms with van der Waals surface area (Å²) in [6, 6.07) is 7.68. The highest BCUT2D eigenvalue weighted by Gasteiger charge is 2.20. The monoisotopic (exact) mass is 235 g/mol. The predicted octanol–water partition coefficient (Wildman–Crippen LogP) is 2.68. The maximum atomic E-state index is 11.8. The molecule has 3 heteroatoms. The van der Waals surface area contributed by atoms with Crippen LogP contribution in [0.2, 0.25) is 0 Å². The van der Waals surface area contributed by atoms with Crippen LogP contribution < -0.4 is 10.1 Å². The van der Waals surface area contributed by atoms with Crippen molar-refractivity contribution in [3.05, 3.63) is 29.8 Å². The van der Waals surface area contributed by atoms with Crippen LogP contribution in [-0.2, 0) is 4.79 Å². The summed E-state index contributed by atoms with van der Waals surface area (Å²) < 4.78 is 5.59. The summed E-state index contributed by atoms with van der Waals surface area (Å²) in [6.45, 7) is 9.59. The molecule has 0 saturated carbocycles. The predicted molar refractivity (Wildman–Crippen MR) is 69.2 cm³/mol. The van der Waals surface area contributed by atoms with E-state index in [4.69, 9.17) is 4.74 Å². The number of carbonyl (C=O) groups excluding carboxylic acids is 1. The number of hydrogen-bond acceptors (Lipinski definition) is 2. The van der Waals surface area contributed by atoms with Crippen LogP contribution in [0.15, 0.2) is 24.3 Å². The topological polar surface area (TPSA) is 38.3 Å². The zero-order valence-electron chi connectivity index (χ0n) is 11.2. The molecule has 1 atom stereocenters. The molecular formula is C14H21NO2. The van der Waals surface area contributed by atoms with E-state index in [0.717, 1.165) is 11.3 Å². The highest BCUT2D eigenvalue weighted by atomic mass is 16.5. The molecule has 3 nitrogen and oxygen atoms in total. The highest BCUT2D eigenvalue weighted by Crippen LogP contribution is 2.14. The molecule has 1 unspecified atom stereocenters. The second kappa shape index (κ2) is 5.21. The molecule has 0 radical (unpaired) electrons. The first-order chi connectivity index (χ1) is 7.78. The molecule has 0 aliphatic carbocycles. The summed E-state index contributed by atoms with van der Waals surface area (Å²) in [5.74, 6) is 0.626. The molecule has 1 amide bonds. The van der Waals surface area contributed by atoms with E-state index in [1.807, 2.05) is 52.0 Å². The number of carbonyl (C=O) groups is 1. The van der Waals surface area contributed by atoms with Crippen LogP contribution in [0.25, 0.3) is 0 Å². The molecule has 1 N–H and O–H groups in total. The van der Waals surface area contributed by atoms with Gasteiger partial charge in [-0.1, -0.05) is 12.1 Å². The minimum absolute atomic E-state index is 0.0981. The van der Waals surface area contributed by atoms with E-state index in [1.54, 1.807) is 6.92 Å². The van der Waals surface area contributed by atoms with Gasteiger partial charge in [-0.15, -0.1) is 0 Å². The minimum atomic E-state index is -0.490. The van der Waals surface area contributed by atoms with Crippen LogP contribution in [0.4, 0.5) is 0 Å². The first-order valence-corrected chi connectivity index (χ1v) is 5.83. The van der Waals surface area contributed by atoms with Crippen LogP contribution >= 0.6 is 0 Å². The summed E-state index contributed by atoms with van der Waals surface area (Å²) in [6.07, 6.45) is -0.490. The van der Waals surface area contributed by atoms with E-state index >= 15 is 0 Å². The minimum Gasteiger partial charge on any atom is -0.481 e. The Hall–Kier alpha value is -1.51. The molecule has 0 spiro atoms. The summed E-state index contributed by atoms with van der Waals surface area (Å²) in [5, 5.41) is 2.89. The van der Waals surface area contributed by atoms with Crippen LogP contribution in [-0.4, -0.2) is 17.6 Å². The lowest BCUT2D eigenvalue weighted by Crippen LogP contribution is -2.46. The summed E-state index contributed by atoms with van der Waals surface area (Å²) in [5.41, 5.74) is 0.882. The van der Waals surface area contributed by atoms with Crippen molar-refractivity contribution in [2.24, 2.45) is 0 Å². The average Bonchev–Trinajstić information content (AvgIpc) is 2.14. The van der Waals surface area contributed by atoms with Crippen molar-refractivity contribution in [3.8, 4) is 5.75 Å². The number of ether oxygens (including phenoxy) is 1. The molecule has 0 saturated heterocycles. The first kappa shape index (κ1) is 13.6. The standard InChI is InChI=1S/C14H21NO2/c1-10-7-6-8-12(9-10)17-11(2)13(16)15-14(3,4)5/h6-9,11H,1-5H3,(H,15,16). The van der Waals surface area contributed by atoms with Crippen molar-refractivity contribution < 1.29 is 9.53 Å². The third-order valence-corrected chi connectivity index (χ3v) is 2.17. The van der Waals surface area contributed by atoms with Crippen molar-refractivity contribution in [2.45, 2.75) is 46.3 Å². The maximum Gasteiger partial charge on any atom is 0.261 e. The number of nitrogens with one attached hydrogen (secondary N) is 1. The highest BCUT2D eigenvalue weighted by molar-refractivity contribution is 5.81. The molecule has 0 fully saturated rings. The van der Waals surface area contributed by atoms with Gasteiger partial charge in [-0.3, -0.25) is 4.79 Å². The van der Waals surface area contributed by atoms with Gasteiger partial charge in [0.25, 0.3) is 5.91 Å². The number of rotatable bonds is 3. The fraction of sp³-hybridized carbons (Fsp3) is 0.500. The zero-order chi connectivity index (χ0) is 13.1. The second-order valence-corrected chi connectivity index (χ2v) is 5.32. The molecule has 0 heterocycles. The van der Waals surface area contributed by atoms with E-state index < -0.39 is 6.10 Å². The van der Waals surface area contributed by atoms with E-state index in [1.165, 1.54) is 0 Å². The molecule has 0 aromatic heterocycles. The number of benzene rings is 1. The molecule has 1 aromatic rings. The summed E-state index contributed by atoms with van der Waals surface area (Å²) >= 11 is 0. The lowest BCUT2D eigenvalue weighted by atomic mass is 10.1. The lowest BCUT2D eigenvalue weighted by molar-refractivity contribution is -0.128. The largest absolute Gasteiger partial charge is 0.481 e. The van der Waals surface area contributed by atoms with Crippen molar-refractivity contribution in [1.82, 2.24) is 5.32 Å². The molecule has 0 aliphatic rings. The van der Waals surface area contributed by atoms with Crippen molar-refractivity contribution in [1.29, 1.82) is 0 Å². The molecular weight excluding hydrogens is 214 g/mol. The Morgan fingerprint density at radius 3 is 2.53 bits per heavy atom. The molecule has 1 rings (SSSR count). The maximum absolute atomic E-state index is 11.8. The van der Waals surface area contributed by atoms with Crippen LogP contribution in [0.1, 0.15) is 33.3 Å². The number of amides is 1. The Kier molecular flexibility index (Phi) is 4.16. The van der Waals surface area contributed by atoms with E-state index in [9.17, 15) is 4.79 Å². The SMILES string of the molecule is Cc1cccc(OC(C)C(=O)NC(C)(C)C)c1. The average molecular weight is 235 g/mol. The third-order valence-electron chi connectivity index (χ3n) is 2.17. The van der Waals surface area contributed by atoms with Gasteiger partial charge in [0.05, 0.1) is 0 Å². The van der Waals surface area contributed by atoms with Gasteiger partial charge < -0.3 is 10.1 Å². The fourth-order valence-electron chi connectivity index (χ4n) is 1.42. The van der Waals surface area contributed by atoms with E-state index in [-0.39, 0.29) is 11.4 Å². The quantitative estimate of drug-likeness (QED) is 0.874. The van der Waals surface area contributed by atoms with E-state index in [0.29, 0.717) is 0 Å². The molecule has 0 bridgehead atoms. The molecule has 0 aliphatic heterocycles. The van der Waals surface area contributed by atoms with Gasteiger partial charge in [0.1, 0.15) is 5.75 Å². The van der Waals surface area contributed by atoms with Crippen molar-refractivity contribution >= 4 is 5.91 Å². The Bertz CT molecular complexity index is 393. The Morgan fingerprint density at radius 2 is 2.00 bits per heavy atom. The Labute approximate surface area is 103 Å². The zero-order valence-corrected chi connectivity index (χ0v) is 11.2. The molecule has 1 aromatic carbocycles. The van der Waals surface area contributed by atoms with Gasteiger partial charge in [0.15, 0.2) is 6.10 Å². The fourth-order valence-corrected chi connectivity index (χ4v) is 1.42. The van der Waals surface area contributed by atoms with Gasteiger partial charge in [-0.05, 0) is 52.3 Å². The van der Waals surface area contributed by atoms with Crippen molar-refractivity contribution in [2.75, 3.05) is 0 Å². The van der Waals surface area contributed by atoms with Gasteiger partial charge in [0, 0.05) is 5.54 Å². The van der Waals surface area contributed by atoms with Gasteiger partial charge in [-0.25, -0.2) is 0 Å². The van der Waals surface area contributed by atoms with Gasteiger partial charge in [-0.2, -0.15) is 0 Å². The lowest BCUT2D eigenvalue weighted by Gasteiger charge is -2.23. The normalized spacial score (nSPS) is 13.0. The van der Waals surface area contributed by atoms with E-state index in [2.05, 4.69) is 5.32 Å². The Balaban J connectivity index is 2.60. The smallest absolute Gasteiger partial charge is 0.261 e. The summed E-state index contributed by atoms with van der Waals surface area (Å²) in [4.78, 5) is 11.8. The van der Waals surface area contributed by atoms with Gasteiger partial charge in [0.2, 0.25) is 0 Å². The van der Waals surface area contributed by atoms with Crippen LogP contribution in [0.3, 0.4) is 0 Å². The molecule has 94 valence electrons. The van der Waals surface area contributed by atoms with Crippen molar-refractivity contribution in [3.63, 3.8) is 0 Å². The van der Waals surface area contributed by atoms with Crippen LogP contribution in [0, 0.1) is 6.92 Å². The third kappa shape index (κ3) is 4.89. The van der Waals surface area contributed by atoms with Gasteiger partial charge >= 0.3 is 0 Å². The second-order valence-electron chi connectivity index (χ2n) is 5.32.